The van der Waals surface area contributed by atoms with Crippen LogP contribution in [0.15, 0.2) is 18.2 Å². The topological polar surface area (TPSA) is 9.23 Å². The minimum atomic E-state index is -0.208. The van der Waals surface area contributed by atoms with E-state index in [9.17, 15) is 4.39 Å². The predicted octanol–water partition coefficient (Wildman–Crippen LogP) is 8.52. The van der Waals surface area contributed by atoms with Crippen LogP contribution < -0.4 is 4.74 Å². The lowest BCUT2D eigenvalue weighted by molar-refractivity contribution is 0.0614. The first kappa shape index (κ1) is 22.2. The number of fused-ring (bicyclic) bond motifs is 1. The minimum Gasteiger partial charge on any atom is -0.494 e. The average Bonchev–Trinajstić information content (AvgIpc) is 2.79. The van der Waals surface area contributed by atoms with E-state index in [1.165, 1.54) is 103 Å². The maximum atomic E-state index is 14.1. The van der Waals surface area contributed by atoms with E-state index in [4.69, 9.17) is 4.74 Å². The fourth-order valence-corrected chi connectivity index (χ4v) is 7.26. The summed E-state index contributed by atoms with van der Waals surface area (Å²) in [5, 5.41) is 0. The van der Waals surface area contributed by atoms with Crippen LogP contribution >= 0.6 is 0 Å². The van der Waals surface area contributed by atoms with Gasteiger partial charge in [-0.25, -0.2) is 4.39 Å². The van der Waals surface area contributed by atoms with E-state index in [1.54, 1.807) is 12.1 Å². The van der Waals surface area contributed by atoms with Crippen molar-refractivity contribution in [2.45, 2.75) is 103 Å². The highest BCUT2D eigenvalue weighted by Crippen LogP contribution is 2.50. The predicted molar refractivity (Wildman–Crippen MR) is 123 cm³/mol. The van der Waals surface area contributed by atoms with E-state index in [0.717, 1.165) is 29.6 Å². The fourth-order valence-electron chi connectivity index (χ4n) is 7.26. The highest BCUT2D eigenvalue weighted by atomic mass is 19.1. The van der Waals surface area contributed by atoms with E-state index < -0.39 is 0 Å². The normalized spacial score (nSPS) is 34.4. The molecule has 1 nitrogen and oxygen atoms in total. The largest absolute Gasteiger partial charge is 0.494 e. The molecule has 3 saturated carbocycles. The molecule has 0 amide bonds. The Bertz CT molecular complexity index is 663. The zero-order chi connectivity index (χ0) is 20.9. The highest BCUT2D eigenvalue weighted by Gasteiger charge is 2.38. The molecule has 0 heterocycles. The van der Waals surface area contributed by atoms with Gasteiger partial charge in [-0.1, -0.05) is 45.1 Å². The Morgan fingerprint density at radius 2 is 1.50 bits per heavy atom. The van der Waals surface area contributed by atoms with Gasteiger partial charge in [0.15, 0.2) is 11.6 Å². The van der Waals surface area contributed by atoms with Crippen LogP contribution in [0.2, 0.25) is 0 Å². The standard InChI is InChI=1S/C28H43FO/c1-3-4-5-6-20-7-8-25-18-24(14-13-23(25)17-20)21-9-11-22(12-10-21)26-15-16-28(30-2)27(29)19-26/h15-16,19-25H,3-14,17-18H2,1-2H3. The second-order valence-electron chi connectivity index (χ2n) is 10.8. The molecule has 0 bridgehead atoms. The molecule has 4 atom stereocenters. The quantitative estimate of drug-likeness (QED) is 0.406. The number of hydrogen-bond donors (Lipinski definition) is 0. The summed E-state index contributed by atoms with van der Waals surface area (Å²) in [7, 11) is 1.54. The highest BCUT2D eigenvalue weighted by molar-refractivity contribution is 5.31. The molecule has 0 radical (unpaired) electrons. The van der Waals surface area contributed by atoms with Gasteiger partial charge in [0.1, 0.15) is 0 Å². The van der Waals surface area contributed by atoms with Crippen LogP contribution in [0.3, 0.4) is 0 Å². The molecule has 168 valence electrons. The van der Waals surface area contributed by atoms with E-state index >= 15 is 0 Å². The number of unbranched alkanes of at least 4 members (excludes halogenated alkanes) is 2. The lowest BCUT2D eigenvalue weighted by Crippen LogP contribution is -2.34. The zero-order valence-corrected chi connectivity index (χ0v) is 19.4. The zero-order valence-electron chi connectivity index (χ0n) is 19.4. The Kier molecular flexibility index (Phi) is 7.76. The SMILES string of the molecule is CCCCCC1CCC2CC(C3CCC(c4ccc(OC)c(F)c4)CC3)CCC2C1. The van der Waals surface area contributed by atoms with Crippen molar-refractivity contribution in [3.8, 4) is 5.75 Å². The van der Waals surface area contributed by atoms with Gasteiger partial charge in [0, 0.05) is 0 Å². The van der Waals surface area contributed by atoms with Crippen molar-refractivity contribution in [2.75, 3.05) is 7.11 Å². The molecule has 3 fully saturated rings. The van der Waals surface area contributed by atoms with Gasteiger partial charge in [0.25, 0.3) is 0 Å². The van der Waals surface area contributed by atoms with Gasteiger partial charge in [-0.15, -0.1) is 0 Å². The van der Waals surface area contributed by atoms with E-state index in [-0.39, 0.29) is 5.82 Å². The fraction of sp³-hybridized carbons (Fsp3) is 0.786. The lowest BCUT2D eigenvalue weighted by Gasteiger charge is -2.45. The summed E-state index contributed by atoms with van der Waals surface area (Å²) in [6.45, 7) is 2.32. The Morgan fingerprint density at radius 3 is 2.20 bits per heavy atom. The van der Waals surface area contributed by atoms with Gasteiger partial charge in [0.2, 0.25) is 0 Å². The van der Waals surface area contributed by atoms with Crippen LogP contribution in [0.1, 0.15) is 108 Å². The summed E-state index contributed by atoms with van der Waals surface area (Å²) in [6, 6.07) is 5.60. The molecule has 1 aromatic rings. The number of rotatable bonds is 7. The lowest BCUT2D eigenvalue weighted by atomic mass is 9.60. The smallest absolute Gasteiger partial charge is 0.165 e. The summed E-state index contributed by atoms with van der Waals surface area (Å²) in [4.78, 5) is 0. The molecular formula is C28H43FO. The molecule has 0 saturated heterocycles. The molecule has 3 aliphatic carbocycles. The molecule has 1 aromatic carbocycles. The van der Waals surface area contributed by atoms with E-state index in [2.05, 4.69) is 13.0 Å². The number of ether oxygens (including phenoxy) is 1. The van der Waals surface area contributed by atoms with Crippen molar-refractivity contribution < 1.29 is 9.13 Å². The summed E-state index contributed by atoms with van der Waals surface area (Å²) in [5.74, 6) is 5.69. The van der Waals surface area contributed by atoms with Crippen LogP contribution in [0.25, 0.3) is 0 Å². The van der Waals surface area contributed by atoms with E-state index in [0.29, 0.717) is 11.7 Å². The van der Waals surface area contributed by atoms with Gasteiger partial charge in [0.05, 0.1) is 7.11 Å². The van der Waals surface area contributed by atoms with Crippen molar-refractivity contribution in [3.63, 3.8) is 0 Å². The maximum Gasteiger partial charge on any atom is 0.165 e. The molecule has 0 spiro atoms. The van der Waals surface area contributed by atoms with Crippen molar-refractivity contribution in [2.24, 2.45) is 29.6 Å². The Morgan fingerprint density at radius 1 is 0.833 bits per heavy atom. The van der Waals surface area contributed by atoms with Gasteiger partial charge in [-0.2, -0.15) is 0 Å². The maximum absolute atomic E-state index is 14.1. The molecular weight excluding hydrogens is 371 g/mol. The second kappa shape index (κ2) is 10.5. The van der Waals surface area contributed by atoms with E-state index in [1.807, 2.05) is 0 Å². The monoisotopic (exact) mass is 414 g/mol. The number of benzene rings is 1. The van der Waals surface area contributed by atoms with Gasteiger partial charge in [-0.05, 0) is 111 Å². The van der Waals surface area contributed by atoms with Crippen molar-refractivity contribution in [1.29, 1.82) is 0 Å². The van der Waals surface area contributed by atoms with Crippen molar-refractivity contribution in [1.82, 2.24) is 0 Å². The van der Waals surface area contributed by atoms with Crippen LogP contribution in [-0.2, 0) is 0 Å². The Labute approximate surface area is 184 Å². The summed E-state index contributed by atoms with van der Waals surface area (Å²) >= 11 is 0. The first-order valence-electron chi connectivity index (χ1n) is 13.0. The van der Waals surface area contributed by atoms with Crippen LogP contribution in [0.5, 0.6) is 5.75 Å². The Hall–Kier alpha value is -1.05. The molecule has 30 heavy (non-hydrogen) atoms. The van der Waals surface area contributed by atoms with Crippen LogP contribution in [0.4, 0.5) is 4.39 Å². The van der Waals surface area contributed by atoms with Gasteiger partial charge in [-0.3, -0.25) is 0 Å². The van der Waals surface area contributed by atoms with Crippen LogP contribution in [-0.4, -0.2) is 7.11 Å². The van der Waals surface area contributed by atoms with Crippen LogP contribution in [0, 0.1) is 35.4 Å². The van der Waals surface area contributed by atoms with Gasteiger partial charge >= 0.3 is 0 Å². The Balaban J connectivity index is 1.24. The molecule has 4 rings (SSSR count). The van der Waals surface area contributed by atoms with Gasteiger partial charge < -0.3 is 4.74 Å². The summed E-state index contributed by atoms with van der Waals surface area (Å²) in [5.41, 5.74) is 1.18. The number of hydrogen-bond acceptors (Lipinski definition) is 1. The molecule has 0 aromatic heterocycles. The average molecular weight is 415 g/mol. The second-order valence-corrected chi connectivity index (χ2v) is 10.8. The molecule has 0 aliphatic heterocycles. The summed E-state index contributed by atoms with van der Waals surface area (Å²) < 4.78 is 19.2. The first-order chi connectivity index (χ1) is 14.7. The third-order valence-electron chi connectivity index (χ3n) is 9.06. The number of halogens is 1. The first-order valence-corrected chi connectivity index (χ1v) is 13.0. The third kappa shape index (κ3) is 5.22. The molecule has 2 heteroatoms. The minimum absolute atomic E-state index is 0.208. The summed E-state index contributed by atoms with van der Waals surface area (Å²) in [6.07, 6.45) is 20.0. The molecule has 0 N–H and O–H groups in total. The third-order valence-corrected chi connectivity index (χ3v) is 9.06. The molecule has 4 unspecified atom stereocenters. The van der Waals surface area contributed by atoms with Crippen molar-refractivity contribution >= 4 is 0 Å². The molecule has 3 aliphatic rings. The number of methoxy groups -OCH3 is 1. The van der Waals surface area contributed by atoms with Crippen molar-refractivity contribution in [3.05, 3.63) is 29.6 Å².